The molecule has 19 heteroatoms. The molecule has 0 aromatic carbocycles. The Morgan fingerprint density at radius 2 is 0.469 bits per heavy atom. The fraction of sp³-hybridized carbons (Fsp3) is 0.949. The van der Waals surface area contributed by atoms with Crippen molar-refractivity contribution in [3.05, 3.63) is 0 Å². The van der Waals surface area contributed by atoms with Gasteiger partial charge >= 0.3 is 39.5 Å². The van der Waals surface area contributed by atoms with Crippen LogP contribution in [-0.2, 0) is 65.4 Å². The van der Waals surface area contributed by atoms with Crippen molar-refractivity contribution in [2.45, 2.75) is 438 Å². The highest BCUT2D eigenvalue weighted by Gasteiger charge is 2.30. The number of phosphoric acid groups is 2. The van der Waals surface area contributed by atoms with Crippen molar-refractivity contribution in [2.75, 3.05) is 39.6 Å². The van der Waals surface area contributed by atoms with Gasteiger partial charge in [0.05, 0.1) is 26.4 Å². The molecule has 0 aliphatic heterocycles. The van der Waals surface area contributed by atoms with E-state index in [4.69, 9.17) is 37.0 Å². The highest BCUT2D eigenvalue weighted by Crippen LogP contribution is 2.45. The van der Waals surface area contributed by atoms with Gasteiger partial charge in [-0.25, -0.2) is 9.13 Å². The molecule has 0 radical (unpaired) electrons. The van der Waals surface area contributed by atoms with Gasteiger partial charge in [0.15, 0.2) is 12.2 Å². The van der Waals surface area contributed by atoms with Gasteiger partial charge in [-0.2, -0.15) is 0 Å². The minimum absolute atomic E-state index is 0.107. The summed E-state index contributed by atoms with van der Waals surface area (Å²) in [5, 5.41) is 10.6. The molecule has 3 N–H and O–H groups in total. The van der Waals surface area contributed by atoms with Gasteiger partial charge in [0, 0.05) is 25.7 Å². The molecule has 2 unspecified atom stereocenters. The number of hydrogen-bond acceptors (Lipinski definition) is 15. The third-order valence-electron chi connectivity index (χ3n) is 18.5. The van der Waals surface area contributed by atoms with Crippen LogP contribution in [0.4, 0.5) is 0 Å². The molecule has 582 valence electrons. The van der Waals surface area contributed by atoms with E-state index in [0.29, 0.717) is 25.7 Å². The lowest BCUT2D eigenvalue weighted by atomic mass is 10.0. The highest BCUT2D eigenvalue weighted by atomic mass is 31.2. The van der Waals surface area contributed by atoms with E-state index >= 15 is 0 Å². The van der Waals surface area contributed by atoms with Gasteiger partial charge in [-0.15, -0.1) is 0 Å². The van der Waals surface area contributed by atoms with Gasteiger partial charge in [0.2, 0.25) is 0 Å². The summed E-state index contributed by atoms with van der Waals surface area (Å²) in [4.78, 5) is 72.9. The first-order valence-electron chi connectivity index (χ1n) is 41.1. The van der Waals surface area contributed by atoms with Crippen LogP contribution in [0.1, 0.15) is 420 Å². The Hall–Kier alpha value is -1.94. The lowest BCUT2D eigenvalue weighted by Crippen LogP contribution is -2.30. The second-order valence-electron chi connectivity index (χ2n) is 28.9. The molecule has 0 fully saturated rings. The highest BCUT2D eigenvalue weighted by molar-refractivity contribution is 7.47. The van der Waals surface area contributed by atoms with E-state index in [1.165, 1.54) is 244 Å². The summed E-state index contributed by atoms with van der Waals surface area (Å²) in [7, 11) is -9.91. The summed E-state index contributed by atoms with van der Waals surface area (Å²) >= 11 is 0. The van der Waals surface area contributed by atoms with E-state index in [9.17, 15) is 43.2 Å². The Labute approximate surface area is 600 Å². The largest absolute Gasteiger partial charge is 0.472 e. The average Bonchev–Trinajstić information content (AvgIpc) is 0.997. The summed E-state index contributed by atoms with van der Waals surface area (Å²) < 4.78 is 68.7. The molecule has 0 saturated carbocycles. The normalized spacial score (nSPS) is 13.9. The van der Waals surface area contributed by atoms with Crippen LogP contribution >= 0.6 is 15.6 Å². The number of hydrogen-bond donors (Lipinski definition) is 3. The predicted octanol–water partition coefficient (Wildman–Crippen LogP) is 23.6. The third-order valence-corrected chi connectivity index (χ3v) is 20.4. The first-order valence-corrected chi connectivity index (χ1v) is 44.1. The number of esters is 4. The molecule has 17 nitrogen and oxygen atoms in total. The van der Waals surface area contributed by atoms with Crippen LogP contribution in [0.15, 0.2) is 0 Å². The maximum absolute atomic E-state index is 13.1. The third kappa shape index (κ3) is 72.4. The molecule has 0 aromatic heterocycles. The Morgan fingerprint density at radius 3 is 0.694 bits per heavy atom. The zero-order chi connectivity index (χ0) is 71.9. The number of carbonyl (C=O) groups excluding carboxylic acids is 4. The first-order chi connectivity index (χ1) is 47.5. The van der Waals surface area contributed by atoms with E-state index < -0.39 is 97.5 Å². The van der Waals surface area contributed by atoms with Crippen LogP contribution in [-0.4, -0.2) is 96.7 Å². The van der Waals surface area contributed by atoms with Gasteiger partial charge in [0.25, 0.3) is 0 Å². The second kappa shape index (κ2) is 72.0. The number of carbonyl (C=O) groups is 4. The topological polar surface area (TPSA) is 237 Å². The van der Waals surface area contributed by atoms with E-state index in [2.05, 4.69) is 34.6 Å². The van der Waals surface area contributed by atoms with Gasteiger partial charge < -0.3 is 33.8 Å². The first kappa shape index (κ1) is 96.1. The molecule has 0 rings (SSSR count). The van der Waals surface area contributed by atoms with Crippen LogP contribution in [0.3, 0.4) is 0 Å². The van der Waals surface area contributed by atoms with Crippen molar-refractivity contribution in [1.29, 1.82) is 0 Å². The molecule has 0 aromatic rings. The minimum Gasteiger partial charge on any atom is -0.462 e. The van der Waals surface area contributed by atoms with Crippen molar-refractivity contribution >= 4 is 39.5 Å². The summed E-state index contributed by atoms with van der Waals surface area (Å²) in [6.07, 6.45) is 62.3. The van der Waals surface area contributed by atoms with Gasteiger partial charge in [0.1, 0.15) is 19.3 Å². The second-order valence-corrected chi connectivity index (χ2v) is 31.8. The summed E-state index contributed by atoms with van der Waals surface area (Å²) in [5.41, 5.74) is 0. The Bertz CT molecular complexity index is 1870. The summed E-state index contributed by atoms with van der Waals surface area (Å²) in [5.74, 6) is -1.33. The van der Waals surface area contributed by atoms with Crippen molar-refractivity contribution < 1.29 is 80.2 Å². The fourth-order valence-electron chi connectivity index (χ4n) is 12.2. The number of ether oxygens (including phenoxy) is 4. The zero-order valence-electron chi connectivity index (χ0n) is 63.9. The van der Waals surface area contributed by atoms with Crippen LogP contribution < -0.4 is 0 Å². The number of aliphatic hydroxyl groups excluding tert-OH is 1. The number of rotatable bonds is 79. The molecular formula is C79H154O17P2. The molecule has 98 heavy (non-hydrogen) atoms. The Balaban J connectivity index is 5.24. The lowest BCUT2D eigenvalue weighted by Gasteiger charge is -2.21. The molecule has 0 heterocycles. The number of unbranched alkanes of at least 4 members (excludes halogenated alkanes) is 51. The average molecular weight is 1440 g/mol. The fourth-order valence-corrected chi connectivity index (χ4v) is 13.8. The molecule has 0 bridgehead atoms. The van der Waals surface area contributed by atoms with Crippen LogP contribution in [0.2, 0.25) is 0 Å². The standard InChI is InChI=1S/C79H154O17P2/c1-6-9-12-15-18-21-24-26-28-30-32-34-39-44-49-54-59-64-78(83)96-75(69-90-77(82)63-58-53-48-43-38-33-31-29-27-25-22-19-16-13-10-7-2)71-94-98(87,88)92-67-73(80)66-91-97(85,86)93-70-74(68-89-76(81)62-57-52-47-42-23-20-17-14-11-8-3)95-79(84)65-60-55-50-45-40-36-35-37-41-46-51-56-61-72(4)5/h72-75,80H,6-71H2,1-5H3,(H,85,86)(H,87,88)/t73-,74+,75+/m0/s1. The van der Waals surface area contributed by atoms with Crippen molar-refractivity contribution in [1.82, 2.24) is 0 Å². The molecule has 0 spiro atoms. The van der Waals surface area contributed by atoms with Gasteiger partial charge in [-0.05, 0) is 31.6 Å². The lowest BCUT2D eigenvalue weighted by molar-refractivity contribution is -0.161. The monoisotopic (exact) mass is 1440 g/mol. The molecule has 0 amide bonds. The van der Waals surface area contributed by atoms with E-state index in [1.807, 2.05) is 0 Å². The van der Waals surface area contributed by atoms with Crippen LogP contribution in [0.25, 0.3) is 0 Å². The molecular weight excluding hydrogens is 1280 g/mol. The molecule has 5 atom stereocenters. The summed E-state index contributed by atoms with van der Waals surface area (Å²) in [6.45, 7) is 7.33. The van der Waals surface area contributed by atoms with E-state index in [1.54, 1.807) is 0 Å². The Morgan fingerprint density at radius 1 is 0.276 bits per heavy atom. The minimum atomic E-state index is -4.96. The predicted molar refractivity (Wildman–Crippen MR) is 400 cm³/mol. The van der Waals surface area contributed by atoms with Crippen molar-refractivity contribution in [2.24, 2.45) is 5.92 Å². The van der Waals surface area contributed by atoms with Crippen LogP contribution in [0.5, 0.6) is 0 Å². The zero-order valence-corrected chi connectivity index (χ0v) is 65.7. The number of phosphoric ester groups is 2. The Kier molecular flexibility index (Phi) is 70.6. The quantitative estimate of drug-likeness (QED) is 0.0222. The molecule has 0 aliphatic rings. The molecule has 0 saturated heterocycles. The molecule has 0 aliphatic carbocycles. The maximum atomic E-state index is 13.1. The summed E-state index contributed by atoms with van der Waals surface area (Å²) in [6, 6.07) is 0. The smallest absolute Gasteiger partial charge is 0.462 e. The van der Waals surface area contributed by atoms with E-state index in [0.717, 1.165) is 95.8 Å². The SMILES string of the molecule is CCCCCCCCCCCCCCCCCCCC(=O)O[C@H](COC(=O)CCCCCCCCCCCCCCCCCC)COP(=O)(O)OC[C@@H](O)COP(=O)(O)OC[C@@H](COC(=O)CCCCCCCCCCCC)OC(=O)CCCCCCCCCCCCCCC(C)C. The van der Waals surface area contributed by atoms with Crippen molar-refractivity contribution in [3.8, 4) is 0 Å². The number of aliphatic hydroxyl groups is 1. The van der Waals surface area contributed by atoms with E-state index in [-0.39, 0.29) is 25.7 Å². The van der Waals surface area contributed by atoms with Gasteiger partial charge in [-0.3, -0.25) is 37.3 Å². The maximum Gasteiger partial charge on any atom is 0.472 e. The van der Waals surface area contributed by atoms with Gasteiger partial charge in [-0.1, -0.05) is 369 Å². The van der Waals surface area contributed by atoms with Crippen LogP contribution in [0, 0.1) is 5.92 Å². The van der Waals surface area contributed by atoms with Crippen molar-refractivity contribution in [3.63, 3.8) is 0 Å².